The summed E-state index contributed by atoms with van der Waals surface area (Å²) in [6.07, 6.45) is 0.492. The number of esters is 1. The van der Waals surface area contributed by atoms with Gasteiger partial charge in [0.1, 0.15) is 5.75 Å². The van der Waals surface area contributed by atoms with E-state index in [1.807, 2.05) is 0 Å². The summed E-state index contributed by atoms with van der Waals surface area (Å²) in [6, 6.07) is 7.13. The van der Waals surface area contributed by atoms with Crippen molar-refractivity contribution in [1.29, 1.82) is 0 Å². The molecule has 2 aromatic carbocycles. The van der Waals surface area contributed by atoms with Crippen LogP contribution in [0.25, 0.3) is 0 Å². The van der Waals surface area contributed by atoms with Crippen molar-refractivity contribution in [3.63, 3.8) is 0 Å². The van der Waals surface area contributed by atoms with E-state index in [9.17, 15) is 14.7 Å². The zero-order valence-electron chi connectivity index (χ0n) is 18.5. The van der Waals surface area contributed by atoms with Crippen LogP contribution in [0.3, 0.4) is 0 Å². The molecule has 0 atom stereocenters. The van der Waals surface area contributed by atoms with Gasteiger partial charge in [-0.25, -0.2) is 0 Å². The molecular formula is C23H29NO7. The Morgan fingerprint density at radius 1 is 0.903 bits per heavy atom. The summed E-state index contributed by atoms with van der Waals surface area (Å²) < 4.78 is 20.9. The lowest BCUT2D eigenvalue weighted by Gasteiger charge is -2.14. The first-order valence-corrected chi connectivity index (χ1v) is 9.79. The molecule has 2 rings (SSSR count). The van der Waals surface area contributed by atoms with E-state index in [4.69, 9.17) is 18.9 Å². The van der Waals surface area contributed by atoms with Gasteiger partial charge in [0.05, 0.1) is 21.3 Å². The predicted octanol–water partition coefficient (Wildman–Crippen LogP) is 2.83. The summed E-state index contributed by atoms with van der Waals surface area (Å²) in [7, 11) is 4.57. The van der Waals surface area contributed by atoms with E-state index in [-0.39, 0.29) is 25.3 Å². The Labute approximate surface area is 182 Å². The van der Waals surface area contributed by atoms with Crippen molar-refractivity contribution in [2.24, 2.45) is 0 Å². The molecule has 0 aliphatic rings. The van der Waals surface area contributed by atoms with Gasteiger partial charge in [-0.1, -0.05) is 12.1 Å². The average Bonchev–Trinajstić information content (AvgIpc) is 2.77. The number of carbonyl (C=O) groups excluding carboxylic acids is 2. The first-order valence-electron chi connectivity index (χ1n) is 9.79. The van der Waals surface area contributed by atoms with Gasteiger partial charge >= 0.3 is 5.97 Å². The Morgan fingerprint density at radius 2 is 1.48 bits per heavy atom. The molecule has 8 heteroatoms. The van der Waals surface area contributed by atoms with E-state index < -0.39 is 11.9 Å². The van der Waals surface area contributed by atoms with Gasteiger partial charge in [-0.15, -0.1) is 0 Å². The third-order valence-electron chi connectivity index (χ3n) is 4.75. The highest BCUT2D eigenvalue weighted by Gasteiger charge is 2.15. The van der Waals surface area contributed by atoms with Gasteiger partial charge in [-0.3, -0.25) is 9.59 Å². The second kappa shape index (κ2) is 11.1. The molecule has 0 aromatic heterocycles. The fourth-order valence-electron chi connectivity index (χ4n) is 3.14. The molecule has 1 amide bonds. The summed E-state index contributed by atoms with van der Waals surface area (Å²) in [4.78, 5) is 24.0. The molecule has 0 aliphatic carbocycles. The van der Waals surface area contributed by atoms with Gasteiger partial charge in [0, 0.05) is 13.0 Å². The molecule has 0 saturated carbocycles. The summed E-state index contributed by atoms with van der Waals surface area (Å²) in [6.45, 7) is 3.51. The van der Waals surface area contributed by atoms with Crippen LogP contribution >= 0.6 is 0 Å². The quantitative estimate of drug-likeness (QED) is 0.558. The number of aryl methyl sites for hydroxylation is 3. The van der Waals surface area contributed by atoms with Crippen molar-refractivity contribution < 1.29 is 33.6 Å². The number of hydrogen-bond acceptors (Lipinski definition) is 7. The molecule has 2 N–H and O–H groups in total. The minimum Gasteiger partial charge on any atom is -0.507 e. The number of carbonyl (C=O) groups is 2. The van der Waals surface area contributed by atoms with Crippen LogP contribution in [0, 0.1) is 13.8 Å². The normalized spacial score (nSPS) is 10.4. The van der Waals surface area contributed by atoms with Gasteiger partial charge in [0.25, 0.3) is 5.91 Å². The van der Waals surface area contributed by atoms with Crippen LogP contribution in [0.15, 0.2) is 24.3 Å². The number of rotatable bonds is 10. The van der Waals surface area contributed by atoms with Gasteiger partial charge < -0.3 is 29.4 Å². The maximum atomic E-state index is 12.0. The van der Waals surface area contributed by atoms with Crippen molar-refractivity contribution >= 4 is 11.9 Å². The minimum absolute atomic E-state index is 0.0995. The summed E-state index contributed by atoms with van der Waals surface area (Å²) in [5.74, 6) is 0.849. The Bertz CT molecular complexity index is 892. The number of phenolic OH excluding ortho intramolecular Hbond substituents is 1. The second-order valence-corrected chi connectivity index (χ2v) is 7.05. The standard InChI is InChI=1S/C23H29NO7/c1-14-8-17(9-15(2)22(14)27)12-24-20(25)13-31-21(26)7-6-16-10-18(28-3)23(30-5)19(11-16)29-4/h8-11,27H,6-7,12-13H2,1-5H3,(H,24,25). The van der Waals surface area contributed by atoms with E-state index in [0.29, 0.717) is 23.7 Å². The zero-order valence-corrected chi connectivity index (χ0v) is 18.5. The van der Waals surface area contributed by atoms with E-state index in [1.165, 1.54) is 21.3 Å². The van der Waals surface area contributed by atoms with Crippen molar-refractivity contribution in [2.45, 2.75) is 33.2 Å². The molecule has 0 saturated heterocycles. The number of methoxy groups -OCH3 is 3. The second-order valence-electron chi connectivity index (χ2n) is 7.05. The predicted molar refractivity (Wildman–Crippen MR) is 115 cm³/mol. The van der Waals surface area contributed by atoms with Gasteiger partial charge in [-0.2, -0.15) is 0 Å². The van der Waals surface area contributed by atoms with E-state index in [0.717, 1.165) is 22.3 Å². The monoisotopic (exact) mass is 431 g/mol. The zero-order chi connectivity index (χ0) is 23.0. The maximum Gasteiger partial charge on any atom is 0.306 e. The first kappa shape index (κ1) is 23.9. The average molecular weight is 431 g/mol. The Hall–Kier alpha value is -3.42. The van der Waals surface area contributed by atoms with Crippen molar-refractivity contribution in [3.8, 4) is 23.0 Å². The Morgan fingerprint density at radius 3 is 2.00 bits per heavy atom. The third kappa shape index (κ3) is 6.53. The highest BCUT2D eigenvalue weighted by atomic mass is 16.5. The smallest absolute Gasteiger partial charge is 0.306 e. The summed E-state index contributed by atoms with van der Waals surface area (Å²) >= 11 is 0. The summed E-state index contributed by atoms with van der Waals surface area (Å²) in [5, 5.41) is 12.5. The number of phenols is 1. The van der Waals surface area contributed by atoms with Crippen molar-refractivity contribution in [2.75, 3.05) is 27.9 Å². The largest absolute Gasteiger partial charge is 0.507 e. The van der Waals surface area contributed by atoms with Crippen LogP contribution in [0.1, 0.15) is 28.7 Å². The Balaban J connectivity index is 1.82. The molecule has 0 spiro atoms. The lowest BCUT2D eigenvalue weighted by molar-refractivity contribution is -0.148. The maximum absolute atomic E-state index is 12.0. The molecule has 0 bridgehead atoms. The van der Waals surface area contributed by atoms with Gasteiger partial charge in [0.2, 0.25) is 5.75 Å². The minimum atomic E-state index is -0.486. The fraction of sp³-hybridized carbons (Fsp3) is 0.391. The molecule has 0 unspecified atom stereocenters. The van der Waals surface area contributed by atoms with Crippen LogP contribution in [-0.2, 0) is 27.3 Å². The number of aromatic hydroxyl groups is 1. The number of nitrogens with one attached hydrogen (secondary N) is 1. The molecule has 2 aromatic rings. The lowest BCUT2D eigenvalue weighted by Crippen LogP contribution is -2.28. The van der Waals surface area contributed by atoms with E-state index in [2.05, 4.69) is 5.32 Å². The Kier molecular flexibility index (Phi) is 8.54. The number of hydrogen-bond donors (Lipinski definition) is 2. The molecule has 0 fully saturated rings. The molecule has 8 nitrogen and oxygen atoms in total. The molecule has 0 aliphatic heterocycles. The fourth-order valence-corrected chi connectivity index (χ4v) is 3.14. The number of ether oxygens (including phenoxy) is 4. The van der Waals surface area contributed by atoms with E-state index in [1.54, 1.807) is 38.1 Å². The van der Waals surface area contributed by atoms with Crippen molar-refractivity contribution in [1.82, 2.24) is 5.32 Å². The van der Waals surface area contributed by atoms with Gasteiger partial charge in [0.15, 0.2) is 18.1 Å². The molecule has 0 radical (unpaired) electrons. The lowest BCUT2D eigenvalue weighted by atomic mass is 10.1. The van der Waals surface area contributed by atoms with Gasteiger partial charge in [-0.05, 0) is 54.7 Å². The first-order chi connectivity index (χ1) is 14.8. The summed E-state index contributed by atoms with van der Waals surface area (Å²) in [5.41, 5.74) is 3.15. The molecule has 0 heterocycles. The SMILES string of the molecule is COc1cc(CCC(=O)OCC(=O)NCc2cc(C)c(O)c(C)c2)cc(OC)c1OC. The van der Waals surface area contributed by atoms with Crippen LogP contribution < -0.4 is 19.5 Å². The molecule has 31 heavy (non-hydrogen) atoms. The van der Waals surface area contributed by atoms with Crippen LogP contribution in [0.4, 0.5) is 0 Å². The van der Waals surface area contributed by atoms with E-state index >= 15 is 0 Å². The number of benzene rings is 2. The molecule has 168 valence electrons. The molecular weight excluding hydrogens is 402 g/mol. The van der Waals surface area contributed by atoms with Crippen LogP contribution in [0.5, 0.6) is 23.0 Å². The number of amides is 1. The highest BCUT2D eigenvalue weighted by Crippen LogP contribution is 2.38. The highest BCUT2D eigenvalue weighted by molar-refractivity contribution is 5.80. The van der Waals surface area contributed by atoms with Crippen LogP contribution in [-0.4, -0.2) is 44.9 Å². The van der Waals surface area contributed by atoms with Crippen LogP contribution in [0.2, 0.25) is 0 Å². The van der Waals surface area contributed by atoms with Crippen molar-refractivity contribution in [3.05, 3.63) is 46.5 Å². The third-order valence-corrected chi connectivity index (χ3v) is 4.75. The topological polar surface area (TPSA) is 103 Å².